The third-order valence-corrected chi connectivity index (χ3v) is 7.45. The molecule has 0 unspecified atom stereocenters. The Morgan fingerprint density at radius 2 is 1.69 bits per heavy atom. The van der Waals surface area contributed by atoms with Crippen molar-refractivity contribution < 1.29 is 4.74 Å². The van der Waals surface area contributed by atoms with E-state index >= 15 is 0 Å². The first-order valence-electron chi connectivity index (χ1n) is 13.5. The molecule has 8 heteroatoms. The van der Waals surface area contributed by atoms with Crippen molar-refractivity contribution >= 4 is 11.5 Å². The molecule has 2 aromatic heterocycles. The zero-order valence-electron chi connectivity index (χ0n) is 22.1. The Bertz CT molecular complexity index is 1480. The third kappa shape index (κ3) is 5.27. The van der Waals surface area contributed by atoms with Gasteiger partial charge >= 0.3 is 0 Å². The second-order valence-electron chi connectivity index (χ2n) is 9.81. The van der Waals surface area contributed by atoms with Crippen LogP contribution in [0.25, 0.3) is 22.4 Å². The lowest BCUT2D eigenvalue weighted by atomic mass is 9.97. The molecule has 0 radical (unpaired) electrons. The van der Waals surface area contributed by atoms with Crippen molar-refractivity contribution in [2.75, 3.05) is 55.7 Å². The summed E-state index contributed by atoms with van der Waals surface area (Å²) in [6.45, 7) is 9.12. The van der Waals surface area contributed by atoms with Crippen molar-refractivity contribution in [3.63, 3.8) is 0 Å². The van der Waals surface area contributed by atoms with Crippen LogP contribution in [0.15, 0.2) is 72.9 Å². The van der Waals surface area contributed by atoms with Gasteiger partial charge in [0.1, 0.15) is 24.2 Å². The monoisotopic (exact) mass is 517 g/mol. The van der Waals surface area contributed by atoms with E-state index in [2.05, 4.69) is 86.2 Å². The van der Waals surface area contributed by atoms with E-state index in [4.69, 9.17) is 15.0 Å². The highest BCUT2D eigenvalue weighted by atomic mass is 16.5. The number of fused-ring (bicyclic) bond motifs is 1. The number of ether oxygens (including phenoxy) is 1. The summed E-state index contributed by atoms with van der Waals surface area (Å²) in [5.74, 6) is 1.75. The van der Waals surface area contributed by atoms with Gasteiger partial charge in [-0.2, -0.15) is 5.26 Å². The fraction of sp³-hybridized carbons (Fsp3) is 0.290. The maximum atomic E-state index is 9.09. The van der Waals surface area contributed by atoms with Crippen LogP contribution in [-0.2, 0) is 6.54 Å². The van der Waals surface area contributed by atoms with Gasteiger partial charge in [-0.3, -0.25) is 4.90 Å². The van der Waals surface area contributed by atoms with E-state index in [1.54, 1.807) is 6.20 Å². The van der Waals surface area contributed by atoms with E-state index in [0.29, 0.717) is 12.5 Å². The van der Waals surface area contributed by atoms with Crippen LogP contribution in [0.4, 0.5) is 11.5 Å². The van der Waals surface area contributed by atoms with Crippen LogP contribution in [0.3, 0.4) is 0 Å². The van der Waals surface area contributed by atoms with Crippen LogP contribution < -0.4 is 14.5 Å². The summed E-state index contributed by atoms with van der Waals surface area (Å²) in [5.41, 5.74) is 6.63. The fourth-order valence-corrected chi connectivity index (χ4v) is 5.32. The van der Waals surface area contributed by atoms with E-state index in [9.17, 15) is 0 Å². The number of likely N-dealkylation sites (N-methyl/N-ethyl adjacent to an activating group) is 1. The van der Waals surface area contributed by atoms with Gasteiger partial charge in [0.2, 0.25) is 11.7 Å². The number of hydrogen-bond donors (Lipinski definition) is 0. The Balaban J connectivity index is 1.20. The van der Waals surface area contributed by atoms with E-state index in [1.165, 1.54) is 5.56 Å². The van der Waals surface area contributed by atoms with Crippen molar-refractivity contribution in [1.82, 2.24) is 19.9 Å². The Labute approximate surface area is 229 Å². The molecule has 4 aromatic rings. The molecular weight excluding hydrogens is 486 g/mol. The van der Waals surface area contributed by atoms with Gasteiger partial charge in [0, 0.05) is 56.6 Å². The van der Waals surface area contributed by atoms with Crippen molar-refractivity contribution in [2.24, 2.45) is 0 Å². The molecule has 8 nitrogen and oxygen atoms in total. The zero-order valence-corrected chi connectivity index (χ0v) is 22.1. The molecule has 0 spiro atoms. The van der Waals surface area contributed by atoms with Crippen LogP contribution in [0.2, 0.25) is 0 Å². The molecule has 196 valence electrons. The molecule has 0 amide bonds. The molecule has 6 rings (SSSR count). The molecule has 1 fully saturated rings. The average Bonchev–Trinajstić information content (AvgIpc) is 3.01. The molecule has 1 saturated heterocycles. The fourth-order valence-electron chi connectivity index (χ4n) is 5.32. The highest BCUT2D eigenvalue weighted by Crippen LogP contribution is 2.39. The minimum Gasteiger partial charge on any atom is -0.474 e. The van der Waals surface area contributed by atoms with Crippen molar-refractivity contribution in [1.29, 1.82) is 5.26 Å². The Hall–Kier alpha value is -4.48. The van der Waals surface area contributed by atoms with Gasteiger partial charge in [0.15, 0.2) is 0 Å². The van der Waals surface area contributed by atoms with Crippen LogP contribution in [0.5, 0.6) is 5.88 Å². The van der Waals surface area contributed by atoms with Crippen molar-refractivity contribution in [2.45, 2.75) is 13.5 Å². The summed E-state index contributed by atoms with van der Waals surface area (Å²) in [6, 6.07) is 25.4. The van der Waals surface area contributed by atoms with Crippen LogP contribution >= 0.6 is 0 Å². The molecular formula is C31H31N7O. The molecule has 2 aliphatic heterocycles. The van der Waals surface area contributed by atoms with Gasteiger partial charge in [-0.25, -0.2) is 15.0 Å². The lowest BCUT2D eigenvalue weighted by molar-refractivity contribution is 0.249. The summed E-state index contributed by atoms with van der Waals surface area (Å²) in [7, 11) is 0. The van der Waals surface area contributed by atoms with Crippen molar-refractivity contribution in [3.05, 3.63) is 84.3 Å². The Morgan fingerprint density at radius 3 is 2.44 bits per heavy atom. The minimum absolute atomic E-state index is 0.216. The highest BCUT2D eigenvalue weighted by molar-refractivity contribution is 5.85. The van der Waals surface area contributed by atoms with Crippen LogP contribution in [-0.4, -0.2) is 65.7 Å². The van der Waals surface area contributed by atoms with E-state index in [0.717, 1.165) is 79.7 Å². The maximum absolute atomic E-state index is 9.09. The number of rotatable bonds is 6. The van der Waals surface area contributed by atoms with Gasteiger partial charge in [-0.1, -0.05) is 54.6 Å². The predicted octanol–water partition coefficient (Wildman–Crippen LogP) is 4.62. The normalized spacial score (nSPS) is 15.4. The number of nitrogens with zero attached hydrogens (tertiary/aromatic N) is 7. The van der Waals surface area contributed by atoms with E-state index in [-0.39, 0.29) is 5.82 Å². The summed E-state index contributed by atoms with van der Waals surface area (Å²) in [6.07, 6.45) is 1.65. The summed E-state index contributed by atoms with van der Waals surface area (Å²) in [4.78, 5) is 20.4. The lowest BCUT2D eigenvalue weighted by Gasteiger charge is -2.35. The lowest BCUT2D eigenvalue weighted by Crippen LogP contribution is -2.46. The molecule has 0 saturated carbocycles. The first kappa shape index (κ1) is 24.8. The average molecular weight is 518 g/mol. The molecule has 2 aromatic carbocycles. The largest absolute Gasteiger partial charge is 0.474 e. The third-order valence-electron chi connectivity index (χ3n) is 7.45. The smallest absolute Gasteiger partial charge is 0.238 e. The molecule has 0 bridgehead atoms. The summed E-state index contributed by atoms with van der Waals surface area (Å²) < 4.78 is 6.00. The standard InChI is InChI=1S/C31H31N7O/c1-2-37-18-19-39-31-27(37)20-26(24-6-4-3-5-7-24)30(35-31)25-10-8-23(9-11-25)22-36-14-16-38(17-15-36)29-12-13-33-28(21-32)34-29/h3-13,20H,2,14-19,22H2,1H3. The van der Waals surface area contributed by atoms with E-state index < -0.39 is 0 Å². The maximum Gasteiger partial charge on any atom is 0.238 e. The van der Waals surface area contributed by atoms with Gasteiger partial charge in [0.05, 0.1) is 12.2 Å². The number of hydrogen-bond acceptors (Lipinski definition) is 8. The number of anilines is 2. The number of benzene rings is 2. The molecule has 2 aliphatic rings. The highest BCUT2D eigenvalue weighted by Gasteiger charge is 2.23. The molecule has 0 aliphatic carbocycles. The topological polar surface area (TPSA) is 81.4 Å². The first-order chi connectivity index (χ1) is 19.2. The number of pyridine rings is 1. The van der Waals surface area contributed by atoms with Crippen LogP contribution in [0, 0.1) is 11.3 Å². The molecule has 4 heterocycles. The Kier molecular flexibility index (Phi) is 7.07. The molecule has 39 heavy (non-hydrogen) atoms. The number of nitriles is 1. The predicted molar refractivity (Wildman–Crippen MR) is 153 cm³/mol. The first-order valence-corrected chi connectivity index (χ1v) is 13.5. The van der Waals surface area contributed by atoms with Gasteiger partial charge in [0.25, 0.3) is 0 Å². The quantitative estimate of drug-likeness (QED) is 0.367. The molecule has 0 N–H and O–H groups in total. The summed E-state index contributed by atoms with van der Waals surface area (Å²) >= 11 is 0. The SMILES string of the molecule is CCN1CCOc2nc(-c3ccc(CN4CCN(c5ccnc(C#N)n5)CC4)cc3)c(-c3ccccc3)cc21. The summed E-state index contributed by atoms with van der Waals surface area (Å²) in [5, 5.41) is 9.09. The molecule has 0 atom stereocenters. The van der Waals surface area contributed by atoms with Crippen molar-refractivity contribution in [3.8, 4) is 34.3 Å². The van der Waals surface area contributed by atoms with E-state index in [1.807, 2.05) is 18.2 Å². The zero-order chi connectivity index (χ0) is 26.6. The number of piperazine rings is 1. The minimum atomic E-state index is 0.216. The van der Waals surface area contributed by atoms with Gasteiger partial charge in [-0.15, -0.1) is 0 Å². The second-order valence-corrected chi connectivity index (χ2v) is 9.81. The van der Waals surface area contributed by atoms with Gasteiger partial charge < -0.3 is 14.5 Å². The Morgan fingerprint density at radius 1 is 0.897 bits per heavy atom. The number of aromatic nitrogens is 3. The second kappa shape index (κ2) is 11.1. The van der Waals surface area contributed by atoms with Crippen LogP contribution in [0.1, 0.15) is 18.3 Å². The van der Waals surface area contributed by atoms with Gasteiger partial charge in [-0.05, 0) is 30.2 Å².